The molecule has 1 N–H and O–H groups in total. The van der Waals surface area contributed by atoms with Crippen molar-refractivity contribution in [2.75, 3.05) is 0 Å². The SMILES string of the molecule is CCc1c(C)cc(C(C)(C)C)c(O)c1-n1nc2ccc(Cl)cc2n1. The normalized spacial score (nSPS) is 12.1. The largest absolute Gasteiger partial charge is 0.505 e. The van der Waals surface area contributed by atoms with Gasteiger partial charge in [-0.25, -0.2) is 0 Å². The fourth-order valence-corrected chi connectivity index (χ4v) is 3.22. The molecule has 3 rings (SSSR count). The molecule has 0 saturated carbocycles. The maximum absolute atomic E-state index is 11.0. The van der Waals surface area contributed by atoms with E-state index < -0.39 is 0 Å². The van der Waals surface area contributed by atoms with Crippen molar-refractivity contribution < 1.29 is 5.11 Å². The van der Waals surface area contributed by atoms with Crippen LogP contribution in [0, 0.1) is 6.92 Å². The van der Waals surface area contributed by atoms with Crippen molar-refractivity contribution in [3.8, 4) is 11.4 Å². The molecule has 0 fully saturated rings. The Morgan fingerprint density at radius 3 is 2.42 bits per heavy atom. The fraction of sp³-hybridized carbons (Fsp3) is 0.368. The van der Waals surface area contributed by atoms with Crippen molar-refractivity contribution in [1.82, 2.24) is 15.0 Å². The van der Waals surface area contributed by atoms with Crippen LogP contribution in [0.3, 0.4) is 0 Å². The van der Waals surface area contributed by atoms with E-state index in [0.717, 1.165) is 28.6 Å². The number of benzene rings is 2. The molecule has 126 valence electrons. The van der Waals surface area contributed by atoms with E-state index >= 15 is 0 Å². The first-order valence-electron chi connectivity index (χ1n) is 8.11. The number of nitrogens with zero attached hydrogens (tertiary/aromatic N) is 3. The highest BCUT2D eigenvalue weighted by atomic mass is 35.5. The summed E-state index contributed by atoms with van der Waals surface area (Å²) in [5, 5.41) is 20.7. The van der Waals surface area contributed by atoms with Crippen LogP contribution in [-0.2, 0) is 11.8 Å². The van der Waals surface area contributed by atoms with Crippen molar-refractivity contribution >= 4 is 22.6 Å². The van der Waals surface area contributed by atoms with E-state index in [1.54, 1.807) is 12.1 Å². The fourth-order valence-electron chi connectivity index (χ4n) is 3.05. The molecule has 4 nitrogen and oxygen atoms in total. The molecule has 0 spiro atoms. The lowest BCUT2D eigenvalue weighted by Gasteiger charge is -2.24. The van der Waals surface area contributed by atoms with Crippen LogP contribution in [0.5, 0.6) is 5.75 Å². The Hall–Kier alpha value is -2.07. The number of aromatic nitrogens is 3. The molecule has 24 heavy (non-hydrogen) atoms. The first kappa shape index (κ1) is 16.8. The zero-order chi connectivity index (χ0) is 17.6. The average Bonchev–Trinajstić information content (AvgIpc) is 2.89. The van der Waals surface area contributed by atoms with Crippen LogP contribution in [0.2, 0.25) is 5.02 Å². The predicted molar refractivity (Wildman–Crippen MR) is 98.4 cm³/mol. The minimum atomic E-state index is -0.175. The summed E-state index contributed by atoms with van der Waals surface area (Å²) in [6.07, 6.45) is 0.789. The smallest absolute Gasteiger partial charge is 0.147 e. The molecule has 0 aliphatic rings. The summed E-state index contributed by atoms with van der Waals surface area (Å²) in [6, 6.07) is 7.48. The van der Waals surface area contributed by atoms with Crippen LogP contribution < -0.4 is 0 Å². The molecule has 0 radical (unpaired) electrons. The van der Waals surface area contributed by atoms with Gasteiger partial charge >= 0.3 is 0 Å². The van der Waals surface area contributed by atoms with Gasteiger partial charge in [-0.3, -0.25) is 0 Å². The third-order valence-electron chi connectivity index (χ3n) is 4.31. The Morgan fingerprint density at radius 1 is 1.12 bits per heavy atom. The van der Waals surface area contributed by atoms with E-state index in [-0.39, 0.29) is 11.2 Å². The highest BCUT2D eigenvalue weighted by molar-refractivity contribution is 6.31. The average molecular weight is 344 g/mol. The van der Waals surface area contributed by atoms with Crippen LogP contribution in [-0.4, -0.2) is 20.1 Å². The topological polar surface area (TPSA) is 50.9 Å². The van der Waals surface area contributed by atoms with Crippen molar-refractivity contribution in [3.63, 3.8) is 0 Å². The second-order valence-corrected chi connectivity index (χ2v) is 7.58. The van der Waals surface area contributed by atoms with E-state index in [4.69, 9.17) is 11.6 Å². The summed E-state index contributed by atoms with van der Waals surface area (Å²) in [5.41, 5.74) is 5.02. The number of fused-ring (bicyclic) bond motifs is 1. The zero-order valence-electron chi connectivity index (χ0n) is 14.7. The molecule has 0 unspecified atom stereocenters. The molecule has 0 aliphatic carbocycles. The lowest BCUT2D eigenvalue weighted by Crippen LogP contribution is -2.15. The summed E-state index contributed by atoms with van der Waals surface area (Å²) in [4.78, 5) is 1.54. The lowest BCUT2D eigenvalue weighted by atomic mass is 9.83. The number of halogens is 1. The molecule has 5 heteroatoms. The highest BCUT2D eigenvalue weighted by Crippen LogP contribution is 2.39. The molecule has 1 heterocycles. The van der Waals surface area contributed by atoms with Crippen molar-refractivity contribution in [1.29, 1.82) is 0 Å². The Kier molecular flexibility index (Phi) is 4.04. The monoisotopic (exact) mass is 343 g/mol. The minimum absolute atomic E-state index is 0.175. The van der Waals surface area contributed by atoms with Gasteiger partial charge in [0.2, 0.25) is 0 Å². The number of aromatic hydroxyl groups is 1. The molecule has 1 aromatic heterocycles. The van der Waals surface area contributed by atoms with Crippen LogP contribution in [0.15, 0.2) is 24.3 Å². The number of phenols is 1. The van der Waals surface area contributed by atoms with E-state index in [2.05, 4.69) is 50.9 Å². The summed E-state index contributed by atoms with van der Waals surface area (Å²) >= 11 is 6.05. The van der Waals surface area contributed by atoms with Gasteiger partial charge in [0.1, 0.15) is 22.5 Å². The lowest BCUT2D eigenvalue weighted by molar-refractivity contribution is 0.439. The van der Waals surface area contributed by atoms with E-state index in [9.17, 15) is 5.11 Å². The Balaban J connectivity index is 2.33. The minimum Gasteiger partial charge on any atom is -0.505 e. The molecule has 2 aromatic carbocycles. The van der Waals surface area contributed by atoms with Gasteiger partial charge in [0.05, 0.1) is 0 Å². The number of phenolic OH excluding ortho intramolecular Hbond substituents is 1. The summed E-state index contributed by atoms with van der Waals surface area (Å²) in [6.45, 7) is 10.4. The van der Waals surface area contributed by atoms with E-state index in [1.165, 1.54) is 4.80 Å². The van der Waals surface area contributed by atoms with Crippen LogP contribution in [0.4, 0.5) is 0 Å². The molecule has 0 bridgehead atoms. The van der Waals surface area contributed by atoms with Crippen LogP contribution >= 0.6 is 11.6 Å². The quantitative estimate of drug-likeness (QED) is 0.716. The molecule has 0 atom stereocenters. The van der Waals surface area contributed by atoms with Gasteiger partial charge in [-0.15, -0.1) is 15.0 Å². The number of aryl methyl sites for hydroxylation is 1. The van der Waals surface area contributed by atoms with Gasteiger partial charge in [0, 0.05) is 10.6 Å². The molecule has 3 aromatic rings. The Bertz CT molecular complexity index is 922. The van der Waals surface area contributed by atoms with E-state index in [1.807, 2.05) is 6.07 Å². The van der Waals surface area contributed by atoms with Gasteiger partial charge in [0.15, 0.2) is 0 Å². The Morgan fingerprint density at radius 2 is 1.79 bits per heavy atom. The predicted octanol–water partition coefficient (Wildman–Crippen LogP) is 4.95. The number of rotatable bonds is 2. The van der Waals surface area contributed by atoms with Crippen molar-refractivity contribution in [2.24, 2.45) is 0 Å². The van der Waals surface area contributed by atoms with Gasteiger partial charge in [0.25, 0.3) is 0 Å². The summed E-state index contributed by atoms with van der Waals surface area (Å²) < 4.78 is 0. The standard InChI is InChI=1S/C19H22ClN3O/c1-6-13-11(2)9-14(19(3,4)5)18(24)17(13)23-21-15-8-7-12(20)10-16(15)22-23/h7-10,24H,6H2,1-5H3. The molecule has 0 saturated heterocycles. The van der Waals surface area contributed by atoms with Crippen molar-refractivity contribution in [2.45, 2.75) is 46.5 Å². The van der Waals surface area contributed by atoms with Gasteiger partial charge in [-0.1, -0.05) is 45.4 Å². The summed E-state index contributed by atoms with van der Waals surface area (Å²) in [7, 11) is 0. The van der Waals surface area contributed by atoms with Crippen LogP contribution in [0.1, 0.15) is 44.4 Å². The maximum Gasteiger partial charge on any atom is 0.147 e. The van der Waals surface area contributed by atoms with Crippen molar-refractivity contribution in [3.05, 3.63) is 46.0 Å². The molecular formula is C19H22ClN3O. The maximum atomic E-state index is 11.0. The molecule has 0 aliphatic heterocycles. The zero-order valence-corrected chi connectivity index (χ0v) is 15.4. The summed E-state index contributed by atoms with van der Waals surface area (Å²) in [5.74, 6) is 0.247. The third kappa shape index (κ3) is 2.75. The first-order valence-corrected chi connectivity index (χ1v) is 8.49. The first-order chi connectivity index (χ1) is 11.2. The van der Waals surface area contributed by atoms with Gasteiger partial charge < -0.3 is 5.11 Å². The van der Waals surface area contributed by atoms with Gasteiger partial charge in [-0.05, 0) is 48.1 Å². The third-order valence-corrected chi connectivity index (χ3v) is 4.54. The van der Waals surface area contributed by atoms with E-state index in [0.29, 0.717) is 16.2 Å². The highest BCUT2D eigenvalue weighted by Gasteiger charge is 2.25. The van der Waals surface area contributed by atoms with Crippen LogP contribution in [0.25, 0.3) is 16.7 Å². The number of hydrogen-bond acceptors (Lipinski definition) is 3. The molecular weight excluding hydrogens is 322 g/mol. The molecule has 0 amide bonds. The van der Waals surface area contributed by atoms with Gasteiger partial charge in [-0.2, -0.15) is 0 Å². The second-order valence-electron chi connectivity index (χ2n) is 7.14. The number of hydrogen-bond donors (Lipinski definition) is 1. The second kappa shape index (κ2) is 5.78. The Labute approximate surface area is 147 Å².